The highest BCUT2D eigenvalue weighted by molar-refractivity contribution is 5.96. The van der Waals surface area contributed by atoms with Gasteiger partial charge >= 0.3 is 5.97 Å². The fourth-order valence-electron chi connectivity index (χ4n) is 1.47. The van der Waals surface area contributed by atoms with Crippen LogP contribution in [0.5, 0.6) is 5.75 Å². The molecule has 0 aliphatic rings. The third-order valence-electron chi connectivity index (χ3n) is 2.26. The molecule has 1 rings (SSSR count). The molecular weight excluding hydrogens is 269 g/mol. The second-order valence-corrected chi connectivity index (χ2v) is 3.75. The van der Waals surface area contributed by atoms with E-state index in [2.05, 4.69) is 5.32 Å². The highest BCUT2D eigenvalue weighted by Crippen LogP contribution is 2.22. The molecule has 6 nitrogen and oxygen atoms in total. The van der Waals surface area contributed by atoms with E-state index < -0.39 is 24.3 Å². The van der Waals surface area contributed by atoms with Gasteiger partial charge in [-0.2, -0.15) is 0 Å². The van der Waals surface area contributed by atoms with Gasteiger partial charge in [-0.15, -0.1) is 0 Å². The second-order valence-electron chi connectivity index (χ2n) is 3.75. The lowest BCUT2D eigenvalue weighted by molar-refractivity contribution is -0.142. The summed E-state index contributed by atoms with van der Waals surface area (Å²) in [6.45, 7) is 1.67. The average Bonchev–Trinajstić information content (AvgIpc) is 2.40. The zero-order valence-electron chi connectivity index (χ0n) is 11.0. The summed E-state index contributed by atoms with van der Waals surface area (Å²) in [5, 5.41) is 10.9. The first kappa shape index (κ1) is 15.9. The van der Waals surface area contributed by atoms with Crippen molar-refractivity contribution in [3.05, 3.63) is 29.6 Å². The van der Waals surface area contributed by atoms with E-state index in [4.69, 9.17) is 14.6 Å². The molecule has 0 bridgehead atoms. The number of para-hydroxylation sites is 1. The number of amides is 1. The molecule has 2 N–H and O–H groups in total. The van der Waals surface area contributed by atoms with Gasteiger partial charge in [-0.1, -0.05) is 6.07 Å². The quantitative estimate of drug-likeness (QED) is 0.697. The molecule has 0 radical (unpaired) electrons. The molecule has 0 spiro atoms. The van der Waals surface area contributed by atoms with Crippen molar-refractivity contribution in [2.75, 3.05) is 26.4 Å². The van der Waals surface area contributed by atoms with E-state index in [0.717, 1.165) is 0 Å². The summed E-state index contributed by atoms with van der Waals surface area (Å²) < 4.78 is 23.4. The van der Waals surface area contributed by atoms with E-state index in [1.807, 2.05) is 0 Å². The normalized spacial score (nSPS) is 10.1. The molecule has 0 saturated heterocycles. The number of halogens is 1. The summed E-state index contributed by atoms with van der Waals surface area (Å²) >= 11 is 0. The van der Waals surface area contributed by atoms with Crippen molar-refractivity contribution in [2.24, 2.45) is 0 Å². The van der Waals surface area contributed by atoms with Gasteiger partial charge in [0.05, 0.1) is 18.8 Å². The Balaban J connectivity index is 2.55. The van der Waals surface area contributed by atoms with Crippen molar-refractivity contribution < 1.29 is 28.6 Å². The van der Waals surface area contributed by atoms with E-state index in [-0.39, 0.29) is 31.1 Å². The summed E-state index contributed by atoms with van der Waals surface area (Å²) in [4.78, 5) is 22.1. The Morgan fingerprint density at radius 2 is 2.15 bits per heavy atom. The van der Waals surface area contributed by atoms with Gasteiger partial charge in [-0.3, -0.25) is 4.79 Å². The van der Waals surface area contributed by atoms with Crippen LogP contribution in [0.25, 0.3) is 0 Å². The molecule has 0 aromatic heterocycles. The van der Waals surface area contributed by atoms with Crippen LogP contribution in [-0.4, -0.2) is 43.3 Å². The first-order valence-electron chi connectivity index (χ1n) is 6.05. The highest BCUT2D eigenvalue weighted by atomic mass is 19.1. The molecule has 7 heteroatoms. The first-order chi connectivity index (χ1) is 9.56. The predicted octanol–water partition coefficient (Wildman–Crippen LogP) is 1.06. The molecule has 0 saturated carbocycles. The van der Waals surface area contributed by atoms with Crippen LogP contribution >= 0.6 is 0 Å². The summed E-state index contributed by atoms with van der Waals surface area (Å²) in [5.74, 6) is -2.30. The van der Waals surface area contributed by atoms with Crippen molar-refractivity contribution in [1.29, 1.82) is 0 Å². The number of carbonyl (C=O) groups excluding carboxylic acids is 1. The molecule has 0 atom stereocenters. The monoisotopic (exact) mass is 285 g/mol. The highest BCUT2D eigenvalue weighted by Gasteiger charge is 2.15. The Hall–Kier alpha value is -2.15. The van der Waals surface area contributed by atoms with Crippen LogP contribution in [0.4, 0.5) is 4.39 Å². The molecule has 1 aromatic rings. The first-order valence-corrected chi connectivity index (χ1v) is 6.05. The van der Waals surface area contributed by atoms with E-state index in [0.29, 0.717) is 0 Å². The maximum Gasteiger partial charge on any atom is 0.329 e. The fourth-order valence-corrected chi connectivity index (χ4v) is 1.47. The Kier molecular flexibility index (Phi) is 6.45. The molecular formula is C13H16FNO5. The van der Waals surface area contributed by atoms with Gasteiger partial charge in [0.15, 0.2) is 11.6 Å². The van der Waals surface area contributed by atoms with Crippen LogP contribution in [0.3, 0.4) is 0 Å². The summed E-state index contributed by atoms with van der Waals surface area (Å²) in [6.07, 6.45) is 0. The molecule has 110 valence electrons. The smallest absolute Gasteiger partial charge is 0.329 e. The van der Waals surface area contributed by atoms with Gasteiger partial charge in [0.2, 0.25) is 0 Å². The maximum atomic E-state index is 13.5. The standard InChI is InChI=1S/C13H16FNO5/c1-2-20-12-9(4-3-5-10(12)14)13(18)15-6-7-19-8-11(16)17/h3-5H,2,6-8H2,1H3,(H,15,18)(H,16,17). The maximum absolute atomic E-state index is 13.5. The van der Waals surface area contributed by atoms with Crippen LogP contribution in [0.2, 0.25) is 0 Å². The van der Waals surface area contributed by atoms with Crippen LogP contribution in [0.15, 0.2) is 18.2 Å². The zero-order chi connectivity index (χ0) is 15.0. The number of nitrogens with one attached hydrogen (secondary N) is 1. The van der Waals surface area contributed by atoms with E-state index >= 15 is 0 Å². The van der Waals surface area contributed by atoms with Gasteiger partial charge < -0.3 is 19.9 Å². The second kappa shape index (κ2) is 8.11. The van der Waals surface area contributed by atoms with Gasteiger partial charge in [0.1, 0.15) is 6.61 Å². The summed E-state index contributed by atoms with van der Waals surface area (Å²) in [6, 6.07) is 4.06. The molecule has 1 aromatic carbocycles. The van der Waals surface area contributed by atoms with Crippen LogP contribution < -0.4 is 10.1 Å². The minimum atomic E-state index is -1.08. The fraction of sp³-hybridized carbons (Fsp3) is 0.385. The number of hydrogen-bond acceptors (Lipinski definition) is 4. The Morgan fingerprint density at radius 3 is 2.80 bits per heavy atom. The Bertz CT molecular complexity index is 478. The Morgan fingerprint density at radius 1 is 1.40 bits per heavy atom. The minimum absolute atomic E-state index is 0.0529. The minimum Gasteiger partial charge on any atom is -0.490 e. The van der Waals surface area contributed by atoms with Crippen LogP contribution in [0.1, 0.15) is 17.3 Å². The zero-order valence-corrected chi connectivity index (χ0v) is 11.0. The number of rotatable bonds is 8. The molecule has 0 fully saturated rings. The largest absolute Gasteiger partial charge is 0.490 e. The number of benzene rings is 1. The predicted molar refractivity (Wildman–Crippen MR) is 68.4 cm³/mol. The number of aliphatic carboxylic acids is 1. The third-order valence-corrected chi connectivity index (χ3v) is 2.26. The van der Waals surface area contributed by atoms with Crippen molar-refractivity contribution in [3.8, 4) is 5.75 Å². The number of ether oxygens (including phenoxy) is 2. The van der Waals surface area contributed by atoms with E-state index in [1.165, 1.54) is 18.2 Å². The van der Waals surface area contributed by atoms with Gasteiger partial charge in [-0.05, 0) is 19.1 Å². The number of carboxylic acid groups (broad SMARTS) is 1. The number of carboxylic acids is 1. The molecule has 0 unspecified atom stereocenters. The van der Waals surface area contributed by atoms with E-state index in [9.17, 15) is 14.0 Å². The number of hydrogen-bond donors (Lipinski definition) is 2. The SMILES string of the molecule is CCOc1c(F)cccc1C(=O)NCCOCC(=O)O. The van der Waals surface area contributed by atoms with Gasteiger partial charge in [0.25, 0.3) is 5.91 Å². The van der Waals surface area contributed by atoms with Gasteiger partial charge in [0, 0.05) is 6.54 Å². The summed E-state index contributed by atoms with van der Waals surface area (Å²) in [5.41, 5.74) is 0.0880. The van der Waals surface area contributed by atoms with Crippen molar-refractivity contribution in [2.45, 2.75) is 6.92 Å². The van der Waals surface area contributed by atoms with Crippen LogP contribution in [0, 0.1) is 5.82 Å². The molecule has 0 heterocycles. The number of carbonyl (C=O) groups is 2. The summed E-state index contributed by atoms with van der Waals surface area (Å²) in [7, 11) is 0. The molecule has 0 aliphatic carbocycles. The lowest BCUT2D eigenvalue weighted by Gasteiger charge is -2.11. The van der Waals surface area contributed by atoms with Gasteiger partial charge in [-0.25, -0.2) is 9.18 Å². The molecule has 0 aliphatic heterocycles. The lowest BCUT2D eigenvalue weighted by atomic mass is 10.2. The van der Waals surface area contributed by atoms with E-state index in [1.54, 1.807) is 6.92 Å². The topological polar surface area (TPSA) is 84.9 Å². The molecule has 1 amide bonds. The van der Waals surface area contributed by atoms with Crippen molar-refractivity contribution >= 4 is 11.9 Å². The van der Waals surface area contributed by atoms with Crippen LogP contribution in [-0.2, 0) is 9.53 Å². The third kappa shape index (κ3) is 4.85. The van der Waals surface area contributed by atoms with Crippen molar-refractivity contribution in [3.63, 3.8) is 0 Å². The average molecular weight is 285 g/mol. The lowest BCUT2D eigenvalue weighted by Crippen LogP contribution is -2.28. The molecule has 20 heavy (non-hydrogen) atoms. The Labute approximate surface area is 115 Å². The van der Waals surface area contributed by atoms with Crippen molar-refractivity contribution in [1.82, 2.24) is 5.32 Å².